The van der Waals surface area contributed by atoms with E-state index < -0.39 is 0 Å². The molecule has 0 bridgehead atoms. The molecule has 4 heteroatoms. The van der Waals surface area contributed by atoms with Gasteiger partial charge in [0.1, 0.15) is 0 Å². The van der Waals surface area contributed by atoms with E-state index in [1.807, 2.05) is 0 Å². The minimum atomic E-state index is 0.510. The van der Waals surface area contributed by atoms with Gasteiger partial charge in [-0.3, -0.25) is 0 Å². The first-order valence-electron chi connectivity index (χ1n) is 7.78. The van der Waals surface area contributed by atoms with Gasteiger partial charge >= 0.3 is 0 Å². The van der Waals surface area contributed by atoms with Crippen molar-refractivity contribution in [3.8, 4) is 0 Å². The summed E-state index contributed by atoms with van der Waals surface area (Å²) in [5.74, 6) is 3.15. The molecule has 4 nitrogen and oxygen atoms in total. The van der Waals surface area contributed by atoms with E-state index in [2.05, 4.69) is 36.2 Å². The normalized spacial score (nSPS) is 24.8. The van der Waals surface area contributed by atoms with Gasteiger partial charge in [0.05, 0.1) is 0 Å². The third-order valence-electron chi connectivity index (χ3n) is 4.31. The van der Waals surface area contributed by atoms with Crippen LogP contribution in [0, 0.1) is 5.92 Å². The van der Waals surface area contributed by atoms with Crippen molar-refractivity contribution in [2.75, 3.05) is 6.54 Å². The molecule has 108 valence electrons. The summed E-state index contributed by atoms with van der Waals surface area (Å²) in [6.07, 6.45) is 7.00. The Morgan fingerprint density at radius 1 is 1.37 bits per heavy atom. The molecular weight excluding hydrogens is 238 g/mol. The third kappa shape index (κ3) is 4.03. The van der Waals surface area contributed by atoms with E-state index in [1.54, 1.807) is 0 Å². The van der Waals surface area contributed by atoms with Crippen molar-refractivity contribution in [3.63, 3.8) is 0 Å². The average molecular weight is 265 g/mol. The minimum absolute atomic E-state index is 0.510. The smallest absolute Gasteiger partial charge is 0.226 e. The van der Waals surface area contributed by atoms with Gasteiger partial charge in [-0.05, 0) is 45.1 Å². The zero-order valence-corrected chi connectivity index (χ0v) is 12.5. The van der Waals surface area contributed by atoms with Crippen molar-refractivity contribution >= 4 is 0 Å². The highest BCUT2D eigenvalue weighted by Gasteiger charge is 2.28. The lowest BCUT2D eigenvalue weighted by Gasteiger charge is -2.09. The lowest BCUT2D eigenvalue weighted by Crippen LogP contribution is -2.25. The van der Waals surface area contributed by atoms with Crippen LogP contribution in [0.4, 0.5) is 0 Å². The van der Waals surface area contributed by atoms with Gasteiger partial charge < -0.3 is 9.84 Å². The molecule has 1 aromatic heterocycles. The fraction of sp³-hybridized carbons (Fsp3) is 0.867. The quantitative estimate of drug-likeness (QED) is 0.822. The lowest BCUT2D eigenvalue weighted by molar-refractivity contribution is 0.359. The molecule has 1 fully saturated rings. The molecule has 1 saturated carbocycles. The first kappa shape index (κ1) is 14.5. The molecule has 3 atom stereocenters. The van der Waals surface area contributed by atoms with E-state index in [-0.39, 0.29) is 0 Å². The van der Waals surface area contributed by atoms with E-state index in [9.17, 15) is 0 Å². The van der Waals surface area contributed by atoms with Gasteiger partial charge in [0, 0.05) is 18.4 Å². The van der Waals surface area contributed by atoms with Crippen LogP contribution >= 0.6 is 0 Å². The largest absolute Gasteiger partial charge is 0.339 e. The molecule has 0 aliphatic heterocycles. The summed E-state index contributed by atoms with van der Waals surface area (Å²) in [7, 11) is 0. The van der Waals surface area contributed by atoms with Crippen LogP contribution in [0.25, 0.3) is 0 Å². The van der Waals surface area contributed by atoms with Gasteiger partial charge in [-0.2, -0.15) is 4.98 Å². The molecule has 0 radical (unpaired) electrons. The SMILES string of the molecule is CCNC(C)CCc1nc(C2CCC(CC)C2)no1. The van der Waals surface area contributed by atoms with E-state index in [4.69, 9.17) is 4.52 Å². The molecule has 0 aromatic carbocycles. The van der Waals surface area contributed by atoms with Gasteiger partial charge in [-0.15, -0.1) is 0 Å². The van der Waals surface area contributed by atoms with Crippen LogP contribution in [0.15, 0.2) is 4.52 Å². The Kier molecular flexibility index (Phi) is 5.37. The topological polar surface area (TPSA) is 51.0 Å². The Hall–Kier alpha value is -0.900. The number of hydrogen-bond donors (Lipinski definition) is 1. The summed E-state index contributed by atoms with van der Waals surface area (Å²) in [4.78, 5) is 4.59. The van der Waals surface area contributed by atoms with Crippen LogP contribution in [-0.2, 0) is 6.42 Å². The zero-order chi connectivity index (χ0) is 13.7. The predicted octanol–water partition coefficient (Wildman–Crippen LogP) is 3.29. The number of hydrogen-bond acceptors (Lipinski definition) is 4. The number of rotatable bonds is 7. The Balaban J connectivity index is 1.82. The highest BCUT2D eigenvalue weighted by atomic mass is 16.5. The molecule has 1 heterocycles. The molecule has 1 aromatic rings. The van der Waals surface area contributed by atoms with Crippen molar-refractivity contribution in [1.29, 1.82) is 0 Å². The van der Waals surface area contributed by atoms with Gasteiger partial charge in [0.25, 0.3) is 0 Å². The monoisotopic (exact) mass is 265 g/mol. The molecule has 0 spiro atoms. The Morgan fingerprint density at radius 2 is 2.21 bits per heavy atom. The first-order chi connectivity index (χ1) is 9.22. The van der Waals surface area contributed by atoms with Crippen LogP contribution in [0.3, 0.4) is 0 Å². The van der Waals surface area contributed by atoms with Gasteiger partial charge in [-0.1, -0.05) is 25.4 Å². The summed E-state index contributed by atoms with van der Waals surface area (Å²) >= 11 is 0. The molecule has 0 amide bonds. The molecule has 1 aliphatic rings. The second-order valence-corrected chi connectivity index (χ2v) is 5.83. The highest BCUT2D eigenvalue weighted by molar-refractivity contribution is 4.99. The summed E-state index contributed by atoms with van der Waals surface area (Å²) in [6.45, 7) is 7.61. The molecule has 0 saturated heterocycles. The first-order valence-corrected chi connectivity index (χ1v) is 7.78. The zero-order valence-electron chi connectivity index (χ0n) is 12.5. The van der Waals surface area contributed by atoms with E-state index in [0.717, 1.165) is 37.0 Å². The summed E-state index contributed by atoms with van der Waals surface area (Å²) in [5, 5.41) is 7.59. The molecule has 1 aliphatic carbocycles. The third-order valence-corrected chi connectivity index (χ3v) is 4.31. The molecular formula is C15H27N3O. The van der Waals surface area contributed by atoms with E-state index in [1.165, 1.54) is 25.7 Å². The van der Waals surface area contributed by atoms with Crippen LogP contribution in [0.1, 0.15) is 70.5 Å². The minimum Gasteiger partial charge on any atom is -0.339 e. The van der Waals surface area contributed by atoms with Crippen molar-refractivity contribution in [2.45, 2.75) is 71.3 Å². The van der Waals surface area contributed by atoms with Gasteiger partial charge in [0.15, 0.2) is 5.82 Å². The summed E-state index contributed by atoms with van der Waals surface area (Å²) in [6, 6.07) is 0.510. The van der Waals surface area contributed by atoms with Gasteiger partial charge in [0.2, 0.25) is 5.89 Å². The average Bonchev–Trinajstić information content (AvgIpc) is 3.05. The fourth-order valence-corrected chi connectivity index (χ4v) is 3.01. The lowest BCUT2D eigenvalue weighted by atomic mass is 10.0. The highest BCUT2D eigenvalue weighted by Crippen LogP contribution is 2.38. The number of aromatic nitrogens is 2. The molecule has 19 heavy (non-hydrogen) atoms. The summed E-state index contributed by atoms with van der Waals surface area (Å²) < 4.78 is 5.39. The predicted molar refractivity (Wildman–Crippen MR) is 76.1 cm³/mol. The van der Waals surface area contributed by atoms with Crippen LogP contribution in [0.5, 0.6) is 0 Å². The van der Waals surface area contributed by atoms with E-state index in [0.29, 0.717) is 12.0 Å². The fourth-order valence-electron chi connectivity index (χ4n) is 3.01. The number of nitrogens with zero attached hydrogens (tertiary/aromatic N) is 2. The van der Waals surface area contributed by atoms with Crippen molar-refractivity contribution in [2.24, 2.45) is 5.92 Å². The second kappa shape index (κ2) is 7.04. The number of nitrogens with one attached hydrogen (secondary N) is 1. The maximum atomic E-state index is 5.39. The van der Waals surface area contributed by atoms with Crippen molar-refractivity contribution < 1.29 is 4.52 Å². The molecule has 1 N–H and O–H groups in total. The van der Waals surface area contributed by atoms with E-state index >= 15 is 0 Å². The van der Waals surface area contributed by atoms with Crippen LogP contribution in [0.2, 0.25) is 0 Å². The number of aryl methyl sites for hydroxylation is 1. The maximum Gasteiger partial charge on any atom is 0.226 e. The van der Waals surface area contributed by atoms with Crippen LogP contribution in [-0.4, -0.2) is 22.7 Å². The van der Waals surface area contributed by atoms with Crippen molar-refractivity contribution in [3.05, 3.63) is 11.7 Å². The Labute approximate surface area is 116 Å². The second-order valence-electron chi connectivity index (χ2n) is 5.83. The maximum absolute atomic E-state index is 5.39. The van der Waals surface area contributed by atoms with Crippen LogP contribution < -0.4 is 5.32 Å². The summed E-state index contributed by atoms with van der Waals surface area (Å²) in [5.41, 5.74) is 0. The van der Waals surface area contributed by atoms with Gasteiger partial charge in [-0.25, -0.2) is 0 Å². The molecule has 3 unspecified atom stereocenters. The Bertz CT molecular complexity index is 377. The standard InChI is InChI=1S/C15H27N3O/c1-4-12-7-8-13(10-12)15-17-14(19-18-15)9-6-11(3)16-5-2/h11-13,16H,4-10H2,1-3H3. The Morgan fingerprint density at radius 3 is 2.89 bits per heavy atom. The molecule has 2 rings (SSSR count). The van der Waals surface area contributed by atoms with Crippen molar-refractivity contribution in [1.82, 2.24) is 15.5 Å².